The van der Waals surface area contributed by atoms with E-state index in [4.69, 9.17) is 23.2 Å². The first kappa shape index (κ1) is 22.4. The van der Waals surface area contributed by atoms with Gasteiger partial charge in [0.2, 0.25) is 11.8 Å². The van der Waals surface area contributed by atoms with E-state index >= 15 is 0 Å². The fourth-order valence-corrected chi connectivity index (χ4v) is 3.71. The van der Waals surface area contributed by atoms with Crippen LogP contribution < -0.4 is 10.2 Å². The number of amides is 2. The molecule has 1 N–H and O–H groups in total. The third-order valence-corrected chi connectivity index (χ3v) is 6.07. The van der Waals surface area contributed by atoms with Crippen molar-refractivity contribution in [1.82, 2.24) is 9.80 Å². The van der Waals surface area contributed by atoms with Gasteiger partial charge < -0.3 is 15.1 Å². The fourth-order valence-electron chi connectivity index (χ4n) is 3.41. The molecule has 2 aromatic carbocycles. The normalized spacial score (nSPS) is 15.2. The van der Waals surface area contributed by atoms with Crippen molar-refractivity contribution in [3.63, 3.8) is 0 Å². The minimum absolute atomic E-state index is 0.0348. The summed E-state index contributed by atoms with van der Waals surface area (Å²) in [7, 11) is 1.78. The molecule has 3 rings (SSSR count). The number of anilines is 2. The van der Waals surface area contributed by atoms with Gasteiger partial charge in [-0.2, -0.15) is 0 Å². The highest BCUT2D eigenvalue weighted by Gasteiger charge is 2.28. The largest absolute Gasteiger partial charge is 0.368 e. The third kappa shape index (κ3) is 5.65. The fraction of sp³-hybridized carbons (Fsp3) is 0.364. The molecule has 0 radical (unpaired) electrons. The number of hydrogen-bond donors (Lipinski definition) is 1. The molecule has 0 aliphatic carbocycles. The van der Waals surface area contributed by atoms with Gasteiger partial charge in [-0.25, -0.2) is 0 Å². The lowest BCUT2D eigenvalue weighted by Gasteiger charge is -2.38. The maximum atomic E-state index is 12.9. The standard InChI is InChI=1S/C22H26Cl2N4O2/c1-16(26(2)15-21(29)25-17-8-9-19(23)20(24)14-17)22(30)28-12-10-27(11-13-28)18-6-4-3-5-7-18/h3-9,14,16H,10-13,15H2,1-2H3,(H,25,29). The zero-order valence-electron chi connectivity index (χ0n) is 17.1. The minimum Gasteiger partial charge on any atom is -0.368 e. The van der Waals surface area contributed by atoms with Crippen LogP contribution in [0.15, 0.2) is 48.5 Å². The van der Waals surface area contributed by atoms with Crippen molar-refractivity contribution in [3.8, 4) is 0 Å². The summed E-state index contributed by atoms with van der Waals surface area (Å²) in [4.78, 5) is 31.2. The molecule has 1 heterocycles. The third-order valence-electron chi connectivity index (χ3n) is 5.33. The van der Waals surface area contributed by atoms with Crippen LogP contribution >= 0.6 is 23.2 Å². The van der Waals surface area contributed by atoms with Crippen LogP contribution in [0.3, 0.4) is 0 Å². The van der Waals surface area contributed by atoms with Crippen molar-refractivity contribution in [2.45, 2.75) is 13.0 Å². The van der Waals surface area contributed by atoms with E-state index in [-0.39, 0.29) is 18.4 Å². The Balaban J connectivity index is 1.49. The lowest BCUT2D eigenvalue weighted by atomic mass is 10.2. The van der Waals surface area contributed by atoms with Crippen LogP contribution in [0.25, 0.3) is 0 Å². The van der Waals surface area contributed by atoms with Gasteiger partial charge >= 0.3 is 0 Å². The van der Waals surface area contributed by atoms with Crippen molar-refractivity contribution in [2.24, 2.45) is 0 Å². The van der Waals surface area contributed by atoms with Crippen LogP contribution in [0.2, 0.25) is 10.0 Å². The van der Waals surface area contributed by atoms with Gasteiger partial charge in [0.05, 0.1) is 22.6 Å². The first-order valence-corrected chi connectivity index (χ1v) is 10.6. The Bertz CT molecular complexity index is 886. The molecule has 0 aromatic heterocycles. The molecule has 2 aromatic rings. The summed E-state index contributed by atoms with van der Waals surface area (Å²) in [5.74, 6) is -0.183. The Morgan fingerprint density at radius 2 is 1.70 bits per heavy atom. The van der Waals surface area contributed by atoms with Gasteiger partial charge in [0.25, 0.3) is 0 Å². The molecule has 2 amide bonds. The summed E-state index contributed by atoms with van der Waals surface area (Å²) < 4.78 is 0. The van der Waals surface area contributed by atoms with E-state index in [1.807, 2.05) is 30.0 Å². The first-order chi connectivity index (χ1) is 14.3. The Labute approximate surface area is 187 Å². The molecule has 160 valence electrons. The second-order valence-corrected chi connectivity index (χ2v) is 8.23. The number of rotatable bonds is 6. The van der Waals surface area contributed by atoms with Crippen LogP contribution in [-0.2, 0) is 9.59 Å². The maximum absolute atomic E-state index is 12.9. The van der Waals surface area contributed by atoms with Crippen molar-refractivity contribution in [1.29, 1.82) is 0 Å². The molecule has 6 nitrogen and oxygen atoms in total. The summed E-state index contributed by atoms with van der Waals surface area (Å²) in [6.45, 7) is 4.85. The Kier molecular flexibility index (Phi) is 7.58. The summed E-state index contributed by atoms with van der Waals surface area (Å²) >= 11 is 11.9. The Morgan fingerprint density at radius 3 is 2.33 bits per heavy atom. The Morgan fingerprint density at radius 1 is 1.03 bits per heavy atom. The number of carbonyl (C=O) groups excluding carboxylic acids is 2. The summed E-state index contributed by atoms with van der Waals surface area (Å²) in [5, 5.41) is 3.59. The molecular weight excluding hydrogens is 423 g/mol. The molecule has 1 saturated heterocycles. The van der Waals surface area contributed by atoms with E-state index in [0.29, 0.717) is 28.8 Å². The molecular formula is C22H26Cl2N4O2. The van der Waals surface area contributed by atoms with Crippen LogP contribution in [0.5, 0.6) is 0 Å². The molecule has 1 aliphatic rings. The molecule has 1 unspecified atom stereocenters. The van der Waals surface area contributed by atoms with Crippen LogP contribution in [0, 0.1) is 0 Å². The van der Waals surface area contributed by atoms with Crippen LogP contribution in [-0.4, -0.2) is 67.4 Å². The first-order valence-electron chi connectivity index (χ1n) is 9.89. The number of halogens is 2. The maximum Gasteiger partial charge on any atom is 0.239 e. The lowest BCUT2D eigenvalue weighted by Crippen LogP contribution is -2.54. The number of likely N-dealkylation sites (N-methyl/N-ethyl adjacent to an activating group) is 1. The number of nitrogens with one attached hydrogen (secondary N) is 1. The van der Waals surface area contributed by atoms with E-state index < -0.39 is 6.04 Å². The number of benzene rings is 2. The molecule has 0 spiro atoms. The monoisotopic (exact) mass is 448 g/mol. The van der Waals surface area contributed by atoms with Crippen molar-refractivity contribution < 1.29 is 9.59 Å². The van der Waals surface area contributed by atoms with Gasteiger partial charge in [0.15, 0.2) is 0 Å². The van der Waals surface area contributed by atoms with Crippen molar-refractivity contribution >= 4 is 46.4 Å². The zero-order chi connectivity index (χ0) is 21.7. The highest BCUT2D eigenvalue weighted by Crippen LogP contribution is 2.25. The van der Waals surface area contributed by atoms with E-state index in [9.17, 15) is 9.59 Å². The average molecular weight is 449 g/mol. The van der Waals surface area contributed by atoms with Crippen molar-refractivity contribution in [2.75, 3.05) is 50.0 Å². The number of para-hydroxylation sites is 1. The van der Waals surface area contributed by atoms with Gasteiger partial charge in [0, 0.05) is 37.6 Å². The molecule has 0 saturated carbocycles. The molecule has 30 heavy (non-hydrogen) atoms. The Hall–Kier alpha value is -2.28. The van der Waals surface area contributed by atoms with E-state index in [2.05, 4.69) is 22.3 Å². The number of carbonyl (C=O) groups is 2. The smallest absolute Gasteiger partial charge is 0.239 e. The van der Waals surface area contributed by atoms with E-state index in [1.54, 1.807) is 30.1 Å². The second kappa shape index (κ2) is 10.2. The molecule has 8 heteroatoms. The topological polar surface area (TPSA) is 55.9 Å². The highest BCUT2D eigenvalue weighted by atomic mass is 35.5. The summed E-state index contributed by atoms with van der Waals surface area (Å²) in [6.07, 6.45) is 0. The van der Waals surface area contributed by atoms with Gasteiger partial charge in [-0.15, -0.1) is 0 Å². The summed E-state index contributed by atoms with van der Waals surface area (Å²) in [5.41, 5.74) is 1.74. The van der Waals surface area contributed by atoms with Gasteiger partial charge in [-0.3, -0.25) is 14.5 Å². The second-order valence-electron chi connectivity index (χ2n) is 7.42. The van der Waals surface area contributed by atoms with Gasteiger partial charge in [0.1, 0.15) is 0 Å². The molecule has 1 aliphatic heterocycles. The molecule has 1 atom stereocenters. The van der Waals surface area contributed by atoms with E-state index in [1.165, 1.54) is 5.69 Å². The highest BCUT2D eigenvalue weighted by molar-refractivity contribution is 6.42. The van der Waals surface area contributed by atoms with Crippen LogP contribution in [0.1, 0.15) is 6.92 Å². The minimum atomic E-state index is -0.396. The predicted molar refractivity (Wildman–Crippen MR) is 122 cm³/mol. The zero-order valence-corrected chi connectivity index (χ0v) is 18.7. The lowest BCUT2D eigenvalue weighted by molar-refractivity contribution is -0.136. The quantitative estimate of drug-likeness (QED) is 0.733. The molecule has 1 fully saturated rings. The summed E-state index contributed by atoms with van der Waals surface area (Å²) in [6, 6.07) is 14.7. The number of hydrogen-bond acceptors (Lipinski definition) is 4. The van der Waals surface area contributed by atoms with Crippen LogP contribution in [0.4, 0.5) is 11.4 Å². The van der Waals surface area contributed by atoms with E-state index in [0.717, 1.165) is 13.1 Å². The predicted octanol–water partition coefficient (Wildman–Crippen LogP) is 3.60. The van der Waals surface area contributed by atoms with Crippen molar-refractivity contribution in [3.05, 3.63) is 58.6 Å². The average Bonchev–Trinajstić information content (AvgIpc) is 2.76. The van der Waals surface area contributed by atoms with Gasteiger partial charge in [-0.1, -0.05) is 41.4 Å². The number of piperazine rings is 1. The molecule has 0 bridgehead atoms. The SMILES string of the molecule is CC(C(=O)N1CCN(c2ccccc2)CC1)N(C)CC(=O)Nc1ccc(Cl)c(Cl)c1. The van der Waals surface area contributed by atoms with Gasteiger partial charge in [-0.05, 0) is 44.3 Å². The number of nitrogens with zero attached hydrogens (tertiary/aromatic N) is 3.